The molecule has 112 valence electrons. The quantitative estimate of drug-likeness (QED) is 0.367. The Labute approximate surface area is 122 Å². The third-order valence-corrected chi connectivity index (χ3v) is 2.25. The summed E-state index contributed by atoms with van der Waals surface area (Å²) >= 11 is 0. The van der Waals surface area contributed by atoms with E-state index < -0.39 is 17.9 Å². The second kappa shape index (κ2) is 7.23. The van der Waals surface area contributed by atoms with Gasteiger partial charge >= 0.3 is 17.9 Å². The molecular weight excluding hydrogens is 276 g/mol. The average Bonchev–Trinajstić information content (AvgIpc) is 2.43. The SMILES string of the molecule is C=C(C)C(=O)OOC(=O)c1ccccc1C(=O)OC(C)C. The summed E-state index contributed by atoms with van der Waals surface area (Å²) in [5.74, 6) is -2.50. The molecule has 0 saturated carbocycles. The van der Waals surface area contributed by atoms with E-state index in [9.17, 15) is 14.4 Å². The van der Waals surface area contributed by atoms with Crippen LogP contribution >= 0.6 is 0 Å². The number of benzene rings is 1. The Hall–Kier alpha value is -2.63. The first kappa shape index (κ1) is 16.4. The number of rotatable bonds is 4. The fourth-order valence-corrected chi connectivity index (χ4v) is 1.31. The van der Waals surface area contributed by atoms with Crippen molar-refractivity contribution in [3.63, 3.8) is 0 Å². The van der Waals surface area contributed by atoms with Crippen LogP contribution in [0.3, 0.4) is 0 Å². The Morgan fingerprint density at radius 3 is 2.00 bits per heavy atom. The summed E-state index contributed by atoms with van der Waals surface area (Å²) in [6, 6.07) is 5.91. The highest BCUT2D eigenvalue weighted by atomic mass is 17.2. The third-order valence-electron chi connectivity index (χ3n) is 2.25. The van der Waals surface area contributed by atoms with Crippen LogP contribution in [0, 0.1) is 0 Å². The van der Waals surface area contributed by atoms with Crippen molar-refractivity contribution < 1.29 is 28.9 Å². The van der Waals surface area contributed by atoms with Gasteiger partial charge in [-0.15, -0.1) is 0 Å². The highest BCUT2D eigenvalue weighted by Crippen LogP contribution is 2.13. The van der Waals surface area contributed by atoms with Crippen LogP contribution < -0.4 is 0 Å². The monoisotopic (exact) mass is 292 g/mol. The van der Waals surface area contributed by atoms with Crippen LogP contribution in [-0.2, 0) is 19.3 Å². The van der Waals surface area contributed by atoms with Gasteiger partial charge in [-0.3, -0.25) is 0 Å². The van der Waals surface area contributed by atoms with E-state index in [-0.39, 0.29) is 22.8 Å². The molecule has 6 heteroatoms. The number of hydrogen-bond donors (Lipinski definition) is 0. The van der Waals surface area contributed by atoms with Crippen LogP contribution in [0.2, 0.25) is 0 Å². The minimum absolute atomic E-state index is 0.0302. The number of hydrogen-bond acceptors (Lipinski definition) is 6. The standard InChI is InChI=1S/C15H16O6/c1-9(2)13(16)20-21-15(18)12-8-6-5-7-11(12)14(17)19-10(3)4/h5-8,10H,1H2,2-4H3. The van der Waals surface area contributed by atoms with Gasteiger partial charge in [0.1, 0.15) is 0 Å². The molecule has 0 heterocycles. The van der Waals surface area contributed by atoms with Gasteiger partial charge in [0.15, 0.2) is 0 Å². The summed E-state index contributed by atoms with van der Waals surface area (Å²) in [7, 11) is 0. The smallest absolute Gasteiger partial charge is 0.387 e. The van der Waals surface area contributed by atoms with E-state index in [0.717, 1.165) is 0 Å². The normalized spacial score (nSPS) is 9.90. The van der Waals surface area contributed by atoms with Crippen molar-refractivity contribution in [1.82, 2.24) is 0 Å². The maximum atomic E-state index is 11.9. The molecule has 0 radical (unpaired) electrons. The van der Waals surface area contributed by atoms with Gasteiger partial charge in [0.25, 0.3) is 0 Å². The molecule has 0 aromatic heterocycles. The molecule has 0 atom stereocenters. The largest absolute Gasteiger partial charge is 0.459 e. The topological polar surface area (TPSA) is 78.9 Å². The Bertz CT molecular complexity index is 573. The fourth-order valence-electron chi connectivity index (χ4n) is 1.31. The molecule has 0 N–H and O–H groups in total. The molecule has 0 bridgehead atoms. The number of carbonyl (C=O) groups excluding carboxylic acids is 3. The van der Waals surface area contributed by atoms with Crippen molar-refractivity contribution in [1.29, 1.82) is 0 Å². The van der Waals surface area contributed by atoms with Gasteiger partial charge in [-0.25, -0.2) is 24.2 Å². The molecule has 0 unspecified atom stereocenters. The van der Waals surface area contributed by atoms with Crippen molar-refractivity contribution in [2.24, 2.45) is 0 Å². The van der Waals surface area contributed by atoms with Gasteiger partial charge in [0, 0.05) is 5.57 Å². The van der Waals surface area contributed by atoms with Crippen molar-refractivity contribution >= 4 is 17.9 Å². The van der Waals surface area contributed by atoms with Crippen LogP contribution in [0.15, 0.2) is 36.4 Å². The Morgan fingerprint density at radius 1 is 1.00 bits per heavy atom. The van der Waals surface area contributed by atoms with Crippen molar-refractivity contribution in [2.75, 3.05) is 0 Å². The van der Waals surface area contributed by atoms with Gasteiger partial charge < -0.3 is 4.74 Å². The van der Waals surface area contributed by atoms with Crippen LogP contribution in [0.4, 0.5) is 0 Å². The van der Waals surface area contributed by atoms with Crippen LogP contribution in [0.5, 0.6) is 0 Å². The summed E-state index contributed by atoms with van der Waals surface area (Å²) < 4.78 is 5.02. The second-order valence-corrected chi connectivity index (χ2v) is 4.52. The molecular formula is C15H16O6. The van der Waals surface area contributed by atoms with E-state index in [4.69, 9.17) is 4.74 Å². The van der Waals surface area contributed by atoms with Crippen molar-refractivity contribution in [2.45, 2.75) is 26.9 Å². The minimum atomic E-state index is -0.971. The molecule has 1 aromatic carbocycles. The summed E-state index contributed by atoms with van der Waals surface area (Å²) in [4.78, 5) is 43.6. The zero-order valence-electron chi connectivity index (χ0n) is 12.0. The van der Waals surface area contributed by atoms with Gasteiger partial charge in [-0.2, -0.15) is 0 Å². The van der Waals surface area contributed by atoms with E-state index in [2.05, 4.69) is 16.4 Å². The van der Waals surface area contributed by atoms with Crippen molar-refractivity contribution in [3.05, 3.63) is 47.5 Å². The lowest BCUT2D eigenvalue weighted by Crippen LogP contribution is -2.18. The molecule has 0 aliphatic carbocycles. The van der Waals surface area contributed by atoms with Crippen LogP contribution in [-0.4, -0.2) is 24.0 Å². The summed E-state index contributed by atoms with van der Waals surface area (Å²) in [6.45, 7) is 8.13. The fraction of sp³-hybridized carbons (Fsp3) is 0.267. The van der Waals surface area contributed by atoms with E-state index in [1.807, 2.05) is 0 Å². The zero-order chi connectivity index (χ0) is 16.0. The van der Waals surface area contributed by atoms with E-state index in [1.165, 1.54) is 19.1 Å². The van der Waals surface area contributed by atoms with Crippen molar-refractivity contribution in [3.8, 4) is 0 Å². The van der Waals surface area contributed by atoms with Crippen LogP contribution in [0.1, 0.15) is 41.5 Å². The molecule has 0 aliphatic rings. The lowest BCUT2D eigenvalue weighted by atomic mass is 10.1. The molecule has 21 heavy (non-hydrogen) atoms. The number of esters is 1. The average molecular weight is 292 g/mol. The Kier molecular flexibility index (Phi) is 5.66. The molecule has 1 aromatic rings. The molecule has 0 fully saturated rings. The molecule has 0 aliphatic heterocycles. The van der Waals surface area contributed by atoms with E-state index >= 15 is 0 Å². The molecule has 1 rings (SSSR count). The summed E-state index contributed by atoms with van der Waals surface area (Å²) in [6.07, 6.45) is -0.331. The third kappa shape index (κ3) is 4.76. The molecule has 0 saturated heterocycles. The second-order valence-electron chi connectivity index (χ2n) is 4.52. The first-order valence-electron chi connectivity index (χ1n) is 6.21. The molecule has 0 amide bonds. The zero-order valence-corrected chi connectivity index (χ0v) is 12.0. The highest BCUT2D eigenvalue weighted by Gasteiger charge is 2.21. The Balaban J connectivity index is 2.87. The predicted octanol–water partition coefficient (Wildman–Crippen LogP) is 2.44. The predicted molar refractivity (Wildman–Crippen MR) is 73.3 cm³/mol. The van der Waals surface area contributed by atoms with Crippen LogP contribution in [0.25, 0.3) is 0 Å². The number of carbonyl (C=O) groups is 3. The van der Waals surface area contributed by atoms with Gasteiger partial charge in [-0.1, -0.05) is 18.7 Å². The van der Waals surface area contributed by atoms with E-state index in [0.29, 0.717) is 0 Å². The molecule has 6 nitrogen and oxygen atoms in total. The highest BCUT2D eigenvalue weighted by molar-refractivity contribution is 6.03. The first-order chi connectivity index (χ1) is 9.82. The molecule has 0 spiro atoms. The minimum Gasteiger partial charge on any atom is -0.459 e. The van der Waals surface area contributed by atoms with E-state index in [1.54, 1.807) is 26.0 Å². The maximum absolute atomic E-state index is 11.9. The lowest BCUT2D eigenvalue weighted by molar-refractivity contribution is -0.229. The number of ether oxygens (including phenoxy) is 1. The lowest BCUT2D eigenvalue weighted by Gasteiger charge is -2.10. The van der Waals surface area contributed by atoms with Gasteiger partial charge in [0.05, 0.1) is 17.2 Å². The Morgan fingerprint density at radius 2 is 1.52 bits per heavy atom. The van der Waals surface area contributed by atoms with Gasteiger partial charge in [0.2, 0.25) is 0 Å². The maximum Gasteiger partial charge on any atom is 0.387 e. The summed E-state index contributed by atoms with van der Waals surface area (Å²) in [5.41, 5.74) is 0.0514. The van der Waals surface area contributed by atoms with Gasteiger partial charge in [-0.05, 0) is 32.9 Å². The first-order valence-corrected chi connectivity index (χ1v) is 6.21. The summed E-state index contributed by atoms with van der Waals surface area (Å²) in [5, 5.41) is 0.